The van der Waals surface area contributed by atoms with Crippen LogP contribution in [0.1, 0.15) is 5.56 Å². The van der Waals surface area contributed by atoms with Crippen LogP contribution < -0.4 is 14.4 Å². The number of ether oxygens (including phenoxy) is 2. The molecule has 1 aliphatic heterocycles. The van der Waals surface area contributed by atoms with E-state index in [4.69, 9.17) is 4.74 Å². The molecule has 0 saturated heterocycles. The monoisotopic (exact) mass is 325 g/mol. The van der Waals surface area contributed by atoms with Crippen molar-refractivity contribution in [1.29, 1.82) is 0 Å². The summed E-state index contributed by atoms with van der Waals surface area (Å²) in [6.07, 6.45) is -5.46. The lowest BCUT2D eigenvalue weighted by molar-refractivity contribution is -0.274. The van der Waals surface area contributed by atoms with Gasteiger partial charge in [-0.1, -0.05) is 0 Å². The van der Waals surface area contributed by atoms with Crippen LogP contribution in [-0.2, 0) is 6.54 Å². The van der Waals surface area contributed by atoms with Gasteiger partial charge in [-0.3, -0.25) is 4.90 Å². The molecular formula is C15H10F3NO4. The Morgan fingerprint density at radius 3 is 2.48 bits per heavy atom. The number of rotatable bonds is 2. The summed E-state index contributed by atoms with van der Waals surface area (Å²) in [6, 6.07) is 9.26. The van der Waals surface area contributed by atoms with Gasteiger partial charge in [-0.2, -0.15) is 0 Å². The molecule has 1 N–H and O–H groups in total. The van der Waals surface area contributed by atoms with E-state index in [9.17, 15) is 23.1 Å². The molecule has 0 saturated carbocycles. The van der Waals surface area contributed by atoms with Crippen molar-refractivity contribution in [2.24, 2.45) is 0 Å². The van der Waals surface area contributed by atoms with Crippen molar-refractivity contribution in [3.8, 4) is 17.2 Å². The maximum absolute atomic E-state index is 12.1. The normalized spacial score (nSPS) is 14.2. The summed E-state index contributed by atoms with van der Waals surface area (Å²) in [5.74, 6) is -0.154. The number of hydrogen-bond donors (Lipinski definition) is 1. The smallest absolute Gasteiger partial charge is 0.508 e. The Kier molecular flexibility index (Phi) is 3.51. The largest absolute Gasteiger partial charge is 0.573 e. The number of hydrogen-bond acceptors (Lipinski definition) is 4. The van der Waals surface area contributed by atoms with Gasteiger partial charge in [-0.05, 0) is 36.4 Å². The number of alkyl halides is 3. The number of nitrogens with zero attached hydrogens (tertiary/aromatic N) is 1. The van der Waals surface area contributed by atoms with Gasteiger partial charge in [-0.15, -0.1) is 13.2 Å². The predicted molar refractivity (Wildman–Crippen MR) is 73.4 cm³/mol. The number of aromatic hydroxyl groups is 1. The number of fused-ring (bicyclic) bond motifs is 1. The zero-order valence-corrected chi connectivity index (χ0v) is 11.5. The summed E-state index contributed by atoms with van der Waals surface area (Å²) in [6.45, 7) is 0.175. The van der Waals surface area contributed by atoms with Crippen LogP contribution in [0.4, 0.5) is 23.7 Å². The van der Waals surface area contributed by atoms with E-state index < -0.39 is 12.5 Å². The number of anilines is 1. The fourth-order valence-corrected chi connectivity index (χ4v) is 2.18. The molecule has 0 aromatic heterocycles. The number of phenolic OH excluding ortho intramolecular Hbond substituents is 1. The number of phenols is 1. The lowest BCUT2D eigenvalue weighted by Crippen LogP contribution is -2.36. The quantitative estimate of drug-likeness (QED) is 0.912. The summed E-state index contributed by atoms with van der Waals surface area (Å²) in [4.78, 5) is 13.3. The summed E-state index contributed by atoms with van der Waals surface area (Å²) in [7, 11) is 0. The van der Waals surface area contributed by atoms with Gasteiger partial charge >= 0.3 is 12.5 Å². The highest BCUT2D eigenvalue weighted by molar-refractivity contribution is 5.91. The van der Waals surface area contributed by atoms with Crippen LogP contribution in [0.5, 0.6) is 17.2 Å². The summed E-state index contributed by atoms with van der Waals surface area (Å²) < 4.78 is 45.3. The molecule has 2 aromatic carbocycles. The highest BCUT2D eigenvalue weighted by Gasteiger charge is 2.31. The minimum atomic E-state index is -4.77. The van der Waals surface area contributed by atoms with Gasteiger partial charge in [0.2, 0.25) is 0 Å². The lowest BCUT2D eigenvalue weighted by Gasteiger charge is -2.28. The molecule has 0 radical (unpaired) electrons. The first-order valence-corrected chi connectivity index (χ1v) is 6.49. The van der Waals surface area contributed by atoms with Crippen LogP contribution >= 0.6 is 0 Å². The van der Waals surface area contributed by atoms with E-state index in [1.165, 1.54) is 29.2 Å². The Balaban J connectivity index is 1.82. The van der Waals surface area contributed by atoms with Crippen LogP contribution in [-0.4, -0.2) is 17.6 Å². The molecule has 120 valence electrons. The number of carbonyl (C=O) groups is 1. The van der Waals surface area contributed by atoms with E-state index >= 15 is 0 Å². The van der Waals surface area contributed by atoms with Crippen molar-refractivity contribution in [2.75, 3.05) is 4.90 Å². The summed E-state index contributed by atoms with van der Waals surface area (Å²) >= 11 is 0. The van der Waals surface area contributed by atoms with Crippen molar-refractivity contribution in [2.45, 2.75) is 12.9 Å². The van der Waals surface area contributed by atoms with E-state index in [0.29, 0.717) is 11.3 Å². The van der Waals surface area contributed by atoms with Gasteiger partial charge in [0.15, 0.2) is 0 Å². The van der Waals surface area contributed by atoms with Crippen LogP contribution in [0.25, 0.3) is 0 Å². The average molecular weight is 325 g/mol. The maximum Gasteiger partial charge on any atom is 0.573 e. The average Bonchev–Trinajstić information content (AvgIpc) is 2.46. The third-order valence-corrected chi connectivity index (χ3v) is 3.18. The van der Waals surface area contributed by atoms with Crippen molar-refractivity contribution < 1.29 is 32.5 Å². The molecule has 23 heavy (non-hydrogen) atoms. The number of amides is 1. The van der Waals surface area contributed by atoms with Crippen molar-refractivity contribution in [3.63, 3.8) is 0 Å². The fourth-order valence-electron chi connectivity index (χ4n) is 2.18. The van der Waals surface area contributed by atoms with E-state index in [2.05, 4.69) is 4.74 Å². The topological polar surface area (TPSA) is 59.0 Å². The third-order valence-electron chi connectivity index (χ3n) is 3.18. The zero-order chi connectivity index (χ0) is 16.6. The molecule has 5 nitrogen and oxygen atoms in total. The molecule has 0 spiro atoms. The third kappa shape index (κ3) is 3.31. The standard InChI is InChI=1S/C15H10F3NO4/c16-15(17,18)23-12-5-2-10(3-6-12)19-8-9-1-4-11(20)7-13(9)22-14(19)21/h1-7,20H,8H2. The van der Waals surface area contributed by atoms with Gasteiger partial charge in [-0.25, -0.2) is 4.79 Å². The first kappa shape index (κ1) is 15.0. The lowest BCUT2D eigenvalue weighted by atomic mass is 10.1. The highest BCUT2D eigenvalue weighted by Crippen LogP contribution is 2.33. The van der Waals surface area contributed by atoms with E-state index in [1.54, 1.807) is 6.07 Å². The zero-order valence-electron chi connectivity index (χ0n) is 11.5. The van der Waals surface area contributed by atoms with E-state index in [-0.39, 0.29) is 23.8 Å². The minimum Gasteiger partial charge on any atom is -0.508 e. The van der Waals surface area contributed by atoms with Crippen LogP contribution in [0.15, 0.2) is 42.5 Å². The van der Waals surface area contributed by atoms with Crippen molar-refractivity contribution in [3.05, 3.63) is 48.0 Å². The second-order valence-electron chi connectivity index (χ2n) is 4.79. The molecule has 8 heteroatoms. The number of benzene rings is 2. The minimum absolute atomic E-state index is 0.0290. The van der Waals surface area contributed by atoms with Gasteiger partial charge < -0.3 is 14.6 Å². The molecular weight excluding hydrogens is 315 g/mol. The Hall–Kier alpha value is -2.90. The molecule has 0 unspecified atom stereocenters. The molecule has 3 rings (SSSR count). The Morgan fingerprint density at radius 2 is 1.83 bits per heavy atom. The summed E-state index contributed by atoms with van der Waals surface area (Å²) in [5, 5.41) is 9.37. The number of carbonyl (C=O) groups excluding carboxylic acids is 1. The van der Waals surface area contributed by atoms with E-state index in [1.807, 2.05) is 0 Å². The SMILES string of the molecule is O=C1Oc2cc(O)ccc2CN1c1ccc(OC(F)(F)F)cc1. The van der Waals surface area contributed by atoms with Gasteiger partial charge in [0, 0.05) is 17.3 Å². The first-order valence-electron chi connectivity index (χ1n) is 6.49. The second kappa shape index (κ2) is 5.38. The molecule has 0 fully saturated rings. The Labute approximate surface area is 128 Å². The van der Waals surface area contributed by atoms with Crippen molar-refractivity contribution in [1.82, 2.24) is 0 Å². The van der Waals surface area contributed by atoms with Crippen LogP contribution in [0.2, 0.25) is 0 Å². The Morgan fingerprint density at radius 1 is 1.13 bits per heavy atom. The van der Waals surface area contributed by atoms with E-state index in [0.717, 1.165) is 12.1 Å². The van der Waals surface area contributed by atoms with Gasteiger partial charge in [0.25, 0.3) is 0 Å². The molecule has 2 aromatic rings. The van der Waals surface area contributed by atoms with Crippen LogP contribution in [0.3, 0.4) is 0 Å². The van der Waals surface area contributed by atoms with Gasteiger partial charge in [0.1, 0.15) is 17.2 Å². The molecule has 0 atom stereocenters. The molecule has 0 bridgehead atoms. The van der Waals surface area contributed by atoms with Crippen molar-refractivity contribution >= 4 is 11.8 Å². The molecule has 1 heterocycles. The first-order chi connectivity index (χ1) is 10.8. The highest BCUT2D eigenvalue weighted by atomic mass is 19.4. The van der Waals surface area contributed by atoms with Gasteiger partial charge in [0.05, 0.1) is 6.54 Å². The van der Waals surface area contributed by atoms with Crippen LogP contribution in [0, 0.1) is 0 Å². The predicted octanol–water partition coefficient (Wildman–Crippen LogP) is 3.81. The molecule has 0 aliphatic carbocycles. The fraction of sp³-hybridized carbons (Fsp3) is 0.133. The molecule has 1 amide bonds. The number of halogens is 3. The Bertz CT molecular complexity index is 743. The second-order valence-corrected chi connectivity index (χ2v) is 4.79. The molecule has 1 aliphatic rings. The summed E-state index contributed by atoms with van der Waals surface area (Å²) in [5.41, 5.74) is 1.03. The maximum atomic E-state index is 12.1.